The van der Waals surface area contributed by atoms with Gasteiger partial charge in [-0.05, 0) is 23.8 Å². The number of amides is 1. The Hall–Kier alpha value is -1.88. The van der Waals surface area contributed by atoms with Gasteiger partial charge in [-0.25, -0.2) is 0 Å². The third-order valence-corrected chi connectivity index (χ3v) is 3.08. The van der Waals surface area contributed by atoms with Gasteiger partial charge in [0, 0.05) is 17.2 Å². The van der Waals surface area contributed by atoms with Crippen LogP contribution in [0.15, 0.2) is 47.2 Å². The van der Waals surface area contributed by atoms with Crippen LogP contribution in [-0.4, -0.2) is 18.0 Å². The van der Waals surface area contributed by atoms with Gasteiger partial charge in [0.1, 0.15) is 5.75 Å². The van der Waals surface area contributed by atoms with Gasteiger partial charge in [0.05, 0.1) is 18.9 Å². The molecule has 2 rings (SSSR count). The molecule has 4 nitrogen and oxygen atoms in total. The van der Waals surface area contributed by atoms with Crippen LogP contribution in [0.4, 0.5) is 0 Å². The Morgan fingerprint density at radius 2 is 2.26 bits per heavy atom. The van der Waals surface area contributed by atoms with Crippen LogP contribution < -0.4 is 10.1 Å². The molecule has 19 heavy (non-hydrogen) atoms. The first-order valence-corrected chi connectivity index (χ1v) is 6.50. The summed E-state index contributed by atoms with van der Waals surface area (Å²) >= 11 is 3.40. The number of carbonyl (C=O) groups excluding carboxylic acids is 1. The molecule has 0 aliphatic carbocycles. The molecule has 0 aliphatic heterocycles. The fraction of sp³-hybridized carbons (Fsp3) is 0.143. The minimum absolute atomic E-state index is 0.181. The Bertz CT molecular complexity index is 587. The Labute approximate surface area is 119 Å². The smallest absolute Gasteiger partial charge is 0.255 e. The number of rotatable bonds is 4. The van der Waals surface area contributed by atoms with Crippen molar-refractivity contribution in [2.45, 2.75) is 6.54 Å². The molecule has 2 aromatic rings. The Morgan fingerprint density at radius 3 is 3.00 bits per heavy atom. The van der Waals surface area contributed by atoms with E-state index in [1.165, 1.54) is 13.3 Å². The largest absolute Gasteiger partial charge is 0.494 e. The Balaban J connectivity index is 2.05. The van der Waals surface area contributed by atoms with Gasteiger partial charge in [0.15, 0.2) is 0 Å². The third-order valence-electron chi connectivity index (χ3n) is 2.59. The molecule has 5 heteroatoms. The van der Waals surface area contributed by atoms with Crippen LogP contribution in [0.1, 0.15) is 15.9 Å². The van der Waals surface area contributed by atoms with E-state index >= 15 is 0 Å². The zero-order valence-corrected chi connectivity index (χ0v) is 12.0. The second-order valence-electron chi connectivity index (χ2n) is 3.89. The van der Waals surface area contributed by atoms with Gasteiger partial charge in [-0.1, -0.05) is 28.1 Å². The van der Waals surface area contributed by atoms with Gasteiger partial charge in [-0.3, -0.25) is 9.78 Å². The average molecular weight is 321 g/mol. The van der Waals surface area contributed by atoms with Crippen LogP contribution in [-0.2, 0) is 6.54 Å². The minimum atomic E-state index is -0.181. The van der Waals surface area contributed by atoms with Gasteiger partial charge < -0.3 is 10.1 Å². The number of methoxy groups -OCH3 is 1. The normalized spacial score (nSPS) is 10.0. The fourth-order valence-electron chi connectivity index (χ4n) is 1.65. The fourth-order valence-corrected chi connectivity index (χ4v) is 2.10. The molecule has 0 radical (unpaired) electrons. The van der Waals surface area contributed by atoms with Crippen LogP contribution in [0.3, 0.4) is 0 Å². The number of aromatic nitrogens is 1. The summed E-state index contributed by atoms with van der Waals surface area (Å²) in [6, 6.07) is 9.42. The van der Waals surface area contributed by atoms with Gasteiger partial charge in [0.25, 0.3) is 5.91 Å². The van der Waals surface area contributed by atoms with Crippen molar-refractivity contribution in [2.75, 3.05) is 7.11 Å². The first kappa shape index (κ1) is 13.5. The summed E-state index contributed by atoms with van der Waals surface area (Å²) in [4.78, 5) is 16.0. The van der Waals surface area contributed by atoms with Crippen molar-refractivity contribution in [1.29, 1.82) is 0 Å². The summed E-state index contributed by atoms with van der Waals surface area (Å²) in [7, 11) is 1.52. The summed E-state index contributed by atoms with van der Waals surface area (Å²) in [6.07, 6.45) is 3.09. The van der Waals surface area contributed by atoms with Gasteiger partial charge in [-0.2, -0.15) is 0 Å². The highest BCUT2D eigenvalue weighted by Gasteiger charge is 2.11. The van der Waals surface area contributed by atoms with E-state index in [1.807, 2.05) is 24.3 Å². The molecule has 0 atom stereocenters. The highest BCUT2D eigenvalue weighted by molar-refractivity contribution is 9.10. The summed E-state index contributed by atoms with van der Waals surface area (Å²) in [6.45, 7) is 0.462. The molecule has 0 fully saturated rings. The van der Waals surface area contributed by atoms with E-state index in [9.17, 15) is 4.79 Å². The number of benzene rings is 1. The second kappa shape index (κ2) is 6.33. The lowest BCUT2D eigenvalue weighted by atomic mass is 10.2. The molecule has 1 aromatic carbocycles. The summed E-state index contributed by atoms with van der Waals surface area (Å²) in [5.41, 5.74) is 1.50. The minimum Gasteiger partial charge on any atom is -0.494 e. The molecule has 0 spiro atoms. The van der Waals surface area contributed by atoms with Gasteiger partial charge in [0.2, 0.25) is 0 Å². The summed E-state index contributed by atoms with van der Waals surface area (Å²) in [5.74, 6) is 0.286. The van der Waals surface area contributed by atoms with Crippen molar-refractivity contribution < 1.29 is 9.53 Å². The zero-order chi connectivity index (χ0) is 13.7. The molecule has 0 saturated carbocycles. The van der Waals surface area contributed by atoms with E-state index in [2.05, 4.69) is 26.2 Å². The summed E-state index contributed by atoms with van der Waals surface area (Å²) < 4.78 is 6.09. The van der Waals surface area contributed by atoms with E-state index in [4.69, 9.17) is 4.74 Å². The summed E-state index contributed by atoms with van der Waals surface area (Å²) in [5, 5.41) is 2.85. The predicted molar refractivity (Wildman–Crippen MR) is 76.1 cm³/mol. The van der Waals surface area contributed by atoms with Crippen LogP contribution in [0.5, 0.6) is 5.75 Å². The van der Waals surface area contributed by atoms with E-state index in [0.717, 1.165) is 10.0 Å². The van der Waals surface area contributed by atoms with Crippen molar-refractivity contribution in [1.82, 2.24) is 10.3 Å². The standard InChI is InChI=1S/C14H13BrN2O2/c1-19-13-9-16-6-5-12(13)14(18)17-8-10-3-2-4-11(15)7-10/h2-7,9H,8H2,1H3,(H,17,18). The lowest BCUT2D eigenvalue weighted by Crippen LogP contribution is -2.23. The third kappa shape index (κ3) is 3.54. The van der Waals surface area contributed by atoms with E-state index in [1.54, 1.807) is 12.3 Å². The van der Waals surface area contributed by atoms with Gasteiger partial charge in [-0.15, -0.1) is 0 Å². The molecule has 1 aromatic heterocycles. The molecule has 0 unspecified atom stereocenters. The number of halogens is 1. The molecule has 0 bridgehead atoms. The molecular formula is C14H13BrN2O2. The maximum absolute atomic E-state index is 12.1. The first-order chi connectivity index (χ1) is 9.20. The van der Waals surface area contributed by atoms with Crippen molar-refractivity contribution in [2.24, 2.45) is 0 Å². The lowest BCUT2D eigenvalue weighted by molar-refractivity contribution is 0.0947. The molecule has 1 N–H and O–H groups in total. The number of carbonyl (C=O) groups is 1. The van der Waals surface area contributed by atoms with Crippen LogP contribution >= 0.6 is 15.9 Å². The van der Waals surface area contributed by atoms with Gasteiger partial charge >= 0.3 is 0 Å². The lowest BCUT2D eigenvalue weighted by Gasteiger charge is -2.08. The number of nitrogens with one attached hydrogen (secondary N) is 1. The van der Waals surface area contributed by atoms with Crippen molar-refractivity contribution in [3.63, 3.8) is 0 Å². The first-order valence-electron chi connectivity index (χ1n) is 5.71. The van der Waals surface area contributed by atoms with Crippen LogP contribution in [0.2, 0.25) is 0 Å². The molecule has 98 valence electrons. The van der Waals surface area contributed by atoms with E-state index in [-0.39, 0.29) is 5.91 Å². The van der Waals surface area contributed by atoms with Crippen LogP contribution in [0, 0.1) is 0 Å². The van der Waals surface area contributed by atoms with Crippen LogP contribution in [0.25, 0.3) is 0 Å². The van der Waals surface area contributed by atoms with E-state index in [0.29, 0.717) is 17.9 Å². The zero-order valence-electron chi connectivity index (χ0n) is 10.4. The highest BCUT2D eigenvalue weighted by Crippen LogP contribution is 2.16. The number of hydrogen-bond acceptors (Lipinski definition) is 3. The molecule has 0 saturated heterocycles. The maximum Gasteiger partial charge on any atom is 0.255 e. The molecule has 1 amide bonds. The topological polar surface area (TPSA) is 51.2 Å². The van der Waals surface area contributed by atoms with Crippen molar-refractivity contribution >= 4 is 21.8 Å². The average Bonchev–Trinajstić information content (AvgIpc) is 2.45. The Kier molecular flexibility index (Phi) is 4.52. The number of ether oxygens (including phenoxy) is 1. The quantitative estimate of drug-likeness (QED) is 0.942. The van der Waals surface area contributed by atoms with Crippen molar-refractivity contribution in [3.05, 3.63) is 58.3 Å². The predicted octanol–water partition coefficient (Wildman–Crippen LogP) is 2.78. The molecule has 1 heterocycles. The monoisotopic (exact) mass is 320 g/mol. The second-order valence-corrected chi connectivity index (χ2v) is 4.80. The van der Waals surface area contributed by atoms with Crippen molar-refractivity contribution in [3.8, 4) is 5.75 Å². The maximum atomic E-state index is 12.1. The number of hydrogen-bond donors (Lipinski definition) is 1. The Morgan fingerprint density at radius 1 is 1.42 bits per heavy atom. The SMILES string of the molecule is COc1cnccc1C(=O)NCc1cccc(Br)c1. The molecule has 0 aliphatic rings. The number of pyridine rings is 1. The van der Waals surface area contributed by atoms with E-state index < -0.39 is 0 Å². The highest BCUT2D eigenvalue weighted by atomic mass is 79.9. The molecular weight excluding hydrogens is 308 g/mol. The number of nitrogens with zero attached hydrogens (tertiary/aromatic N) is 1.